The Morgan fingerprint density at radius 3 is 2.36 bits per heavy atom. The number of nitrogens with one attached hydrogen (secondary N) is 1. The van der Waals surface area contributed by atoms with Crippen LogP contribution in [0.25, 0.3) is 0 Å². The van der Waals surface area contributed by atoms with Gasteiger partial charge < -0.3 is 5.11 Å². The Labute approximate surface area is 78.6 Å². The number of nitrogens with two attached hydrogens (primary N) is 1. The SMILES string of the molecule is NNC(=O)C[C@H](O)C(Cl)(Cl)Cl. The van der Waals surface area contributed by atoms with Gasteiger partial charge in [-0.15, -0.1) is 0 Å². The zero-order valence-electron chi connectivity index (χ0n) is 5.35. The molecule has 4 N–H and O–H groups in total. The summed E-state index contributed by atoms with van der Waals surface area (Å²) in [5.74, 6) is 4.13. The summed E-state index contributed by atoms with van der Waals surface area (Å²) in [6.07, 6.45) is -1.69. The Morgan fingerprint density at radius 1 is 1.64 bits per heavy atom. The minimum Gasteiger partial charge on any atom is -0.388 e. The number of hydrogen-bond acceptors (Lipinski definition) is 3. The van der Waals surface area contributed by atoms with E-state index in [9.17, 15) is 4.79 Å². The average molecular weight is 221 g/mol. The Balaban J connectivity index is 3.87. The molecule has 0 aliphatic heterocycles. The van der Waals surface area contributed by atoms with Crippen molar-refractivity contribution in [2.24, 2.45) is 5.84 Å². The molecule has 0 saturated heterocycles. The highest BCUT2D eigenvalue weighted by molar-refractivity contribution is 6.68. The molecule has 66 valence electrons. The highest BCUT2D eigenvalue weighted by Gasteiger charge is 2.32. The van der Waals surface area contributed by atoms with Gasteiger partial charge in [0.25, 0.3) is 0 Å². The van der Waals surface area contributed by atoms with Crippen LogP contribution in [0.1, 0.15) is 6.42 Å². The van der Waals surface area contributed by atoms with Crippen molar-refractivity contribution in [1.82, 2.24) is 5.43 Å². The van der Waals surface area contributed by atoms with E-state index >= 15 is 0 Å². The normalized spacial score (nSPS) is 14.3. The predicted molar refractivity (Wildman–Crippen MR) is 43.2 cm³/mol. The summed E-state index contributed by atoms with van der Waals surface area (Å²) < 4.78 is -1.85. The number of hydrogen-bond donors (Lipinski definition) is 3. The van der Waals surface area contributed by atoms with E-state index in [1.54, 1.807) is 5.43 Å². The maximum atomic E-state index is 10.5. The monoisotopic (exact) mass is 220 g/mol. The highest BCUT2D eigenvalue weighted by Crippen LogP contribution is 2.31. The van der Waals surface area contributed by atoms with E-state index in [1.807, 2.05) is 0 Å². The topological polar surface area (TPSA) is 75.3 Å². The summed E-state index contributed by atoms with van der Waals surface area (Å²) in [5, 5.41) is 8.98. The zero-order valence-corrected chi connectivity index (χ0v) is 7.62. The van der Waals surface area contributed by atoms with Gasteiger partial charge in [-0.25, -0.2) is 5.84 Å². The summed E-state index contributed by atoms with van der Waals surface area (Å²) in [5.41, 5.74) is 1.79. The fourth-order valence-corrected chi connectivity index (χ4v) is 0.582. The van der Waals surface area contributed by atoms with Crippen molar-refractivity contribution in [2.75, 3.05) is 0 Å². The van der Waals surface area contributed by atoms with Crippen LogP contribution in [0.3, 0.4) is 0 Å². The fraction of sp³-hybridized carbons (Fsp3) is 0.750. The molecule has 1 atom stereocenters. The second kappa shape index (κ2) is 4.33. The molecule has 0 heterocycles. The fourth-order valence-electron chi connectivity index (χ4n) is 0.350. The first-order chi connectivity index (χ1) is 4.88. The number of amides is 1. The molecule has 0 bridgehead atoms. The molecule has 0 aromatic heterocycles. The number of carbonyl (C=O) groups is 1. The molecule has 0 fully saturated rings. The van der Waals surface area contributed by atoms with Crippen molar-refractivity contribution in [3.05, 3.63) is 0 Å². The Kier molecular flexibility index (Phi) is 4.43. The van der Waals surface area contributed by atoms with Crippen molar-refractivity contribution in [1.29, 1.82) is 0 Å². The third-order valence-electron chi connectivity index (χ3n) is 0.918. The smallest absolute Gasteiger partial charge is 0.236 e. The molecule has 0 aromatic carbocycles. The number of carbonyl (C=O) groups excluding carboxylic acids is 1. The lowest BCUT2D eigenvalue weighted by atomic mass is 10.3. The van der Waals surface area contributed by atoms with Crippen molar-refractivity contribution >= 4 is 40.7 Å². The van der Waals surface area contributed by atoms with Crippen molar-refractivity contribution in [3.8, 4) is 0 Å². The number of hydrazine groups is 1. The van der Waals surface area contributed by atoms with E-state index in [2.05, 4.69) is 0 Å². The molecule has 0 aliphatic rings. The highest BCUT2D eigenvalue weighted by atomic mass is 35.6. The quantitative estimate of drug-likeness (QED) is 0.268. The van der Waals surface area contributed by atoms with E-state index in [4.69, 9.17) is 45.8 Å². The third kappa shape index (κ3) is 4.66. The predicted octanol–water partition coefficient (Wildman–Crippen LogP) is 0.0975. The minimum absolute atomic E-state index is 0.340. The zero-order chi connectivity index (χ0) is 9.07. The molecule has 0 saturated carbocycles. The summed E-state index contributed by atoms with van der Waals surface area (Å²) in [6.45, 7) is 0. The number of halogens is 3. The molecule has 0 aromatic rings. The number of aliphatic hydroxyl groups excluding tert-OH is 1. The van der Waals surface area contributed by atoms with Gasteiger partial charge >= 0.3 is 0 Å². The minimum atomic E-state index is -1.85. The summed E-state index contributed by atoms with van der Waals surface area (Å²) >= 11 is 15.7. The van der Waals surface area contributed by atoms with Crippen LogP contribution in [0.4, 0.5) is 0 Å². The molecular weight excluding hydrogens is 214 g/mol. The van der Waals surface area contributed by atoms with Gasteiger partial charge in [0.15, 0.2) is 0 Å². The first kappa shape index (κ1) is 11.3. The van der Waals surface area contributed by atoms with Crippen molar-refractivity contribution in [2.45, 2.75) is 16.3 Å². The van der Waals surface area contributed by atoms with Gasteiger partial charge in [-0.3, -0.25) is 10.2 Å². The van der Waals surface area contributed by atoms with E-state index in [0.29, 0.717) is 0 Å². The summed E-state index contributed by atoms with van der Waals surface area (Å²) in [7, 11) is 0. The van der Waals surface area contributed by atoms with Crippen LogP contribution in [-0.4, -0.2) is 20.9 Å². The molecule has 0 rings (SSSR count). The van der Waals surface area contributed by atoms with Crippen LogP contribution in [0.5, 0.6) is 0 Å². The third-order valence-corrected chi connectivity index (χ3v) is 1.67. The van der Waals surface area contributed by atoms with Gasteiger partial charge in [-0.1, -0.05) is 34.8 Å². The first-order valence-electron chi connectivity index (χ1n) is 2.62. The number of aliphatic hydroxyl groups is 1. The average Bonchev–Trinajstić information content (AvgIpc) is 1.85. The molecule has 0 unspecified atom stereocenters. The second-order valence-electron chi connectivity index (χ2n) is 1.83. The Morgan fingerprint density at radius 2 is 2.09 bits per heavy atom. The number of rotatable bonds is 2. The van der Waals surface area contributed by atoms with Crippen LogP contribution in [0.2, 0.25) is 0 Å². The van der Waals surface area contributed by atoms with Crippen LogP contribution < -0.4 is 11.3 Å². The standard InChI is InChI=1S/C4H7Cl3N2O2/c5-4(6,7)2(10)1-3(11)9-8/h2,10H,1,8H2,(H,9,11)/t2-/m0/s1. The number of alkyl halides is 3. The van der Waals surface area contributed by atoms with Gasteiger partial charge in [-0.2, -0.15) is 0 Å². The summed E-state index contributed by atoms with van der Waals surface area (Å²) in [6, 6.07) is 0. The van der Waals surface area contributed by atoms with Gasteiger partial charge in [-0.05, 0) is 0 Å². The molecular formula is C4H7Cl3N2O2. The molecule has 7 heteroatoms. The second-order valence-corrected chi connectivity index (χ2v) is 4.20. The van der Waals surface area contributed by atoms with Crippen molar-refractivity contribution in [3.63, 3.8) is 0 Å². The van der Waals surface area contributed by atoms with Gasteiger partial charge in [0.05, 0.1) is 6.42 Å². The van der Waals surface area contributed by atoms with Crippen LogP contribution in [0, 0.1) is 0 Å². The Bertz CT molecular complexity index is 147. The molecule has 1 amide bonds. The Hall–Kier alpha value is 0.260. The van der Waals surface area contributed by atoms with Gasteiger partial charge in [0.2, 0.25) is 9.70 Å². The molecule has 0 radical (unpaired) electrons. The van der Waals surface area contributed by atoms with Crippen LogP contribution in [-0.2, 0) is 4.79 Å². The van der Waals surface area contributed by atoms with E-state index < -0.39 is 15.8 Å². The first-order valence-corrected chi connectivity index (χ1v) is 3.75. The summed E-state index contributed by atoms with van der Waals surface area (Å²) in [4.78, 5) is 10.5. The van der Waals surface area contributed by atoms with E-state index in [1.165, 1.54) is 0 Å². The maximum absolute atomic E-state index is 10.5. The molecule has 0 spiro atoms. The lowest BCUT2D eigenvalue weighted by molar-refractivity contribution is -0.123. The largest absolute Gasteiger partial charge is 0.388 e. The van der Waals surface area contributed by atoms with E-state index in [0.717, 1.165) is 0 Å². The van der Waals surface area contributed by atoms with Crippen LogP contribution >= 0.6 is 34.8 Å². The molecule has 0 aliphatic carbocycles. The lowest BCUT2D eigenvalue weighted by Gasteiger charge is -2.17. The van der Waals surface area contributed by atoms with E-state index in [-0.39, 0.29) is 6.42 Å². The van der Waals surface area contributed by atoms with Crippen LogP contribution in [0.15, 0.2) is 0 Å². The molecule has 11 heavy (non-hydrogen) atoms. The maximum Gasteiger partial charge on any atom is 0.236 e. The lowest BCUT2D eigenvalue weighted by Crippen LogP contribution is -2.36. The van der Waals surface area contributed by atoms with Gasteiger partial charge in [0, 0.05) is 0 Å². The van der Waals surface area contributed by atoms with Crippen molar-refractivity contribution < 1.29 is 9.90 Å². The van der Waals surface area contributed by atoms with Gasteiger partial charge in [0.1, 0.15) is 6.10 Å². The molecule has 4 nitrogen and oxygen atoms in total.